The third-order valence-electron chi connectivity index (χ3n) is 3.55. The first kappa shape index (κ1) is 10.4. The summed E-state index contributed by atoms with van der Waals surface area (Å²) in [4.78, 5) is 15.0. The number of pyridine rings is 1. The predicted octanol–water partition coefficient (Wildman–Crippen LogP) is 2.42. The zero-order valence-corrected chi connectivity index (χ0v) is 9.88. The van der Waals surface area contributed by atoms with E-state index < -0.39 is 0 Å². The number of para-hydroxylation sites is 1. The molecule has 1 aliphatic carbocycles. The molecule has 0 aliphatic heterocycles. The number of hydrogen-bond acceptors (Lipinski definition) is 2. The Morgan fingerprint density at radius 1 is 1.18 bits per heavy atom. The first-order valence-electron chi connectivity index (χ1n) is 6.02. The van der Waals surface area contributed by atoms with E-state index in [2.05, 4.69) is 11.1 Å². The SMILES string of the molecule is COc1cccc2c3c(c(=O)[nH]c12)CCCC3. The van der Waals surface area contributed by atoms with Gasteiger partial charge in [-0.1, -0.05) is 12.1 Å². The maximum atomic E-state index is 12.0. The molecule has 3 nitrogen and oxygen atoms in total. The molecule has 0 radical (unpaired) electrons. The number of ether oxygens (including phenoxy) is 1. The van der Waals surface area contributed by atoms with Crippen LogP contribution in [0.5, 0.6) is 5.75 Å². The van der Waals surface area contributed by atoms with Crippen LogP contribution in [-0.2, 0) is 12.8 Å². The lowest BCUT2D eigenvalue weighted by Gasteiger charge is -2.17. The molecular formula is C14H15NO2. The summed E-state index contributed by atoms with van der Waals surface area (Å²) in [5.41, 5.74) is 3.07. The van der Waals surface area contributed by atoms with Crippen molar-refractivity contribution in [3.05, 3.63) is 39.7 Å². The number of benzene rings is 1. The highest BCUT2D eigenvalue weighted by Gasteiger charge is 2.17. The number of fused-ring (bicyclic) bond motifs is 3. The van der Waals surface area contributed by atoms with Crippen LogP contribution in [0.15, 0.2) is 23.0 Å². The van der Waals surface area contributed by atoms with Crippen LogP contribution >= 0.6 is 0 Å². The third kappa shape index (κ3) is 1.54. The molecule has 3 heteroatoms. The molecule has 17 heavy (non-hydrogen) atoms. The van der Waals surface area contributed by atoms with Gasteiger partial charge in [0.15, 0.2) is 0 Å². The number of aryl methyl sites for hydroxylation is 1. The molecule has 0 saturated carbocycles. The van der Waals surface area contributed by atoms with Crippen LogP contribution in [-0.4, -0.2) is 12.1 Å². The maximum Gasteiger partial charge on any atom is 0.251 e. The van der Waals surface area contributed by atoms with Crippen molar-refractivity contribution >= 4 is 10.9 Å². The summed E-state index contributed by atoms with van der Waals surface area (Å²) in [7, 11) is 1.63. The maximum absolute atomic E-state index is 12.0. The van der Waals surface area contributed by atoms with E-state index in [-0.39, 0.29) is 5.56 Å². The Labute approximate surface area is 99.4 Å². The fourth-order valence-electron chi connectivity index (χ4n) is 2.72. The van der Waals surface area contributed by atoms with Crippen LogP contribution < -0.4 is 10.3 Å². The lowest BCUT2D eigenvalue weighted by atomic mass is 9.90. The Bertz CT molecular complexity index is 628. The average Bonchev–Trinajstić information content (AvgIpc) is 2.39. The summed E-state index contributed by atoms with van der Waals surface area (Å²) in [6.07, 6.45) is 4.19. The molecule has 1 aliphatic rings. The van der Waals surface area contributed by atoms with Gasteiger partial charge in [-0.05, 0) is 37.3 Å². The summed E-state index contributed by atoms with van der Waals surface area (Å²) < 4.78 is 5.30. The Kier molecular flexibility index (Phi) is 2.39. The molecule has 1 aromatic carbocycles. The van der Waals surface area contributed by atoms with Crippen LogP contribution in [0.1, 0.15) is 24.0 Å². The van der Waals surface area contributed by atoms with E-state index in [0.29, 0.717) is 0 Å². The van der Waals surface area contributed by atoms with E-state index in [1.165, 1.54) is 12.0 Å². The molecule has 3 rings (SSSR count). The van der Waals surface area contributed by atoms with Crippen molar-refractivity contribution < 1.29 is 4.74 Å². The largest absolute Gasteiger partial charge is 0.495 e. The van der Waals surface area contributed by atoms with Gasteiger partial charge >= 0.3 is 0 Å². The average molecular weight is 229 g/mol. The number of rotatable bonds is 1. The lowest BCUT2D eigenvalue weighted by Crippen LogP contribution is -2.19. The number of hydrogen-bond donors (Lipinski definition) is 1. The van der Waals surface area contributed by atoms with Gasteiger partial charge in [0.25, 0.3) is 5.56 Å². The molecule has 0 fully saturated rings. The van der Waals surface area contributed by atoms with Gasteiger partial charge in [0.2, 0.25) is 0 Å². The summed E-state index contributed by atoms with van der Waals surface area (Å²) in [6.45, 7) is 0. The van der Waals surface area contributed by atoms with E-state index >= 15 is 0 Å². The van der Waals surface area contributed by atoms with Crippen molar-refractivity contribution in [2.75, 3.05) is 7.11 Å². The Morgan fingerprint density at radius 3 is 2.71 bits per heavy atom. The molecule has 0 bridgehead atoms. The summed E-state index contributed by atoms with van der Waals surface area (Å²) in [5.74, 6) is 0.743. The number of aromatic nitrogens is 1. The minimum absolute atomic E-state index is 0.0525. The zero-order valence-electron chi connectivity index (χ0n) is 9.88. The van der Waals surface area contributed by atoms with Gasteiger partial charge in [-0.3, -0.25) is 4.79 Å². The molecule has 2 aromatic rings. The van der Waals surface area contributed by atoms with E-state index in [4.69, 9.17) is 4.74 Å². The third-order valence-corrected chi connectivity index (χ3v) is 3.55. The highest BCUT2D eigenvalue weighted by molar-refractivity contribution is 5.88. The Morgan fingerprint density at radius 2 is 1.94 bits per heavy atom. The zero-order chi connectivity index (χ0) is 11.8. The first-order chi connectivity index (χ1) is 8.31. The van der Waals surface area contributed by atoms with Crippen molar-refractivity contribution in [2.24, 2.45) is 0 Å². The van der Waals surface area contributed by atoms with Gasteiger partial charge in [-0.2, -0.15) is 0 Å². The van der Waals surface area contributed by atoms with Gasteiger partial charge in [-0.25, -0.2) is 0 Å². The normalized spacial score (nSPS) is 14.6. The first-order valence-corrected chi connectivity index (χ1v) is 6.02. The second-order valence-corrected chi connectivity index (χ2v) is 4.50. The molecule has 1 aromatic heterocycles. The van der Waals surface area contributed by atoms with Gasteiger partial charge in [-0.15, -0.1) is 0 Å². The lowest BCUT2D eigenvalue weighted by molar-refractivity contribution is 0.418. The minimum atomic E-state index is 0.0525. The van der Waals surface area contributed by atoms with Crippen molar-refractivity contribution in [3.63, 3.8) is 0 Å². The van der Waals surface area contributed by atoms with E-state index in [1.54, 1.807) is 7.11 Å². The fourth-order valence-corrected chi connectivity index (χ4v) is 2.72. The molecular weight excluding hydrogens is 214 g/mol. The van der Waals surface area contributed by atoms with Crippen molar-refractivity contribution in [1.29, 1.82) is 0 Å². The fraction of sp³-hybridized carbons (Fsp3) is 0.357. The van der Waals surface area contributed by atoms with E-state index in [9.17, 15) is 4.79 Å². The smallest absolute Gasteiger partial charge is 0.251 e. The molecule has 0 atom stereocenters. The summed E-state index contributed by atoms with van der Waals surface area (Å²) in [5, 5.41) is 1.14. The Balaban J connectivity index is 2.42. The van der Waals surface area contributed by atoms with Gasteiger partial charge < -0.3 is 9.72 Å². The molecule has 0 spiro atoms. The summed E-state index contributed by atoms with van der Waals surface area (Å²) >= 11 is 0. The van der Waals surface area contributed by atoms with Gasteiger partial charge in [0.1, 0.15) is 5.75 Å². The molecule has 1 heterocycles. The molecule has 1 N–H and O–H groups in total. The van der Waals surface area contributed by atoms with Crippen LogP contribution in [0.3, 0.4) is 0 Å². The van der Waals surface area contributed by atoms with Gasteiger partial charge in [0, 0.05) is 10.9 Å². The standard InChI is InChI=1S/C14H15NO2/c1-17-12-8-4-7-10-9-5-2-3-6-11(9)14(16)15-13(10)12/h4,7-8H,2-3,5-6H2,1H3,(H,15,16). The van der Waals surface area contributed by atoms with Gasteiger partial charge in [0.05, 0.1) is 12.6 Å². The van der Waals surface area contributed by atoms with Crippen LogP contribution in [0.2, 0.25) is 0 Å². The van der Waals surface area contributed by atoms with Crippen molar-refractivity contribution in [2.45, 2.75) is 25.7 Å². The molecule has 0 unspecified atom stereocenters. The number of nitrogens with one attached hydrogen (secondary N) is 1. The predicted molar refractivity (Wildman–Crippen MR) is 67.8 cm³/mol. The quantitative estimate of drug-likeness (QED) is 0.816. The van der Waals surface area contributed by atoms with Crippen LogP contribution in [0, 0.1) is 0 Å². The topological polar surface area (TPSA) is 42.1 Å². The van der Waals surface area contributed by atoms with E-state index in [1.807, 2.05) is 12.1 Å². The number of methoxy groups -OCH3 is 1. The van der Waals surface area contributed by atoms with E-state index in [0.717, 1.165) is 41.5 Å². The minimum Gasteiger partial charge on any atom is -0.495 e. The summed E-state index contributed by atoms with van der Waals surface area (Å²) in [6, 6.07) is 5.93. The van der Waals surface area contributed by atoms with Crippen LogP contribution in [0.25, 0.3) is 10.9 Å². The second kappa shape index (κ2) is 3.91. The monoisotopic (exact) mass is 229 g/mol. The van der Waals surface area contributed by atoms with Crippen molar-refractivity contribution in [1.82, 2.24) is 4.98 Å². The second-order valence-electron chi connectivity index (χ2n) is 4.50. The van der Waals surface area contributed by atoms with Crippen molar-refractivity contribution in [3.8, 4) is 5.75 Å². The molecule has 88 valence electrons. The number of aromatic amines is 1. The van der Waals surface area contributed by atoms with Crippen LogP contribution in [0.4, 0.5) is 0 Å². The Hall–Kier alpha value is -1.77. The highest BCUT2D eigenvalue weighted by atomic mass is 16.5. The highest BCUT2D eigenvalue weighted by Crippen LogP contribution is 2.29. The number of H-pyrrole nitrogens is 1. The molecule has 0 amide bonds. The molecule has 0 saturated heterocycles.